The zero-order valence-electron chi connectivity index (χ0n) is 16.3. The molecular weight excluding hydrogens is 300 g/mol. The Morgan fingerprint density at radius 1 is 0.636 bits per heavy atom. The van der Waals surface area contributed by atoms with Gasteiger partial charge in [-0.1, -0.05) is 79.9 Å². The molecule has 126 valence electrons. The van der Waals surface area contributed by atoms with Crippen LogP contribution in [-0.4, -0.2) is 16.5 Å². The molecule has 0 aromatic heterocycles. The van der Waals surface area contributed by atoms with Crippen LogP contribution in [0.4, 0.5) is 11.4 Å². The van der Waals surface area contributed by atoms with Crippen LogP contribution in [0.1, 0.15) is 41.5 Å². The van der Waals surface area contributed by atoms with Crippen molar-refractivity contribution in [1.82, 2.24) is 0 Å². The minimum absolute atomic E-state index is 0.317. The lowest BCUT2D eigenvalue weighted by Gasteiger charge is -2.41. The van der Waals surface area contributed by atoms with Gasteiger partial charge in [-0.15, -0.1) is 0 Å². The van der Waals surface area contributed by atoms with Crippen LogP contribution in [-0.2, 0) is 0 Å². The van der Waals surface area contributed by atoms with E-state index in [1.807, 2.05) is 0 Å². The van der Waals surface area contributed by atoms with Crippen molar-refractivity contribution in [1.29, 1.82) is 0 Å². The topological polar surface area (TPSA) is 24.1 Å². The van der Waals surface area contributed by atoms with Gasteiger partial charge in [-0.2, -0.15) is 0 Å². The number of rotatable bonds is 4. The highest BCUT2D eigenvalue weighted by Gasteiger charge is 2.38. The third-order valence-corrected chi connectivity index (χ3v) is 14.9. The average Bonchev–Trinajstić information content (AvgIpc) is 2.28. The lowest BCUT2D eigenvalue weighted by molar-refractivity contribution is 0.722. The fourth-order valence-electron chi connectivity index (χ4n) is 1.75. The van der Waals surface area contributed by atoms with E-state index in [1.54, 1.807) is 0 Å². The Hall–Kier alpha value is -0.746. The molecule has 0 radical (unpaired) electrons. The number of anilines is 2. The summed E-state index contributed by atoms with van der Waals surface area (Å²) in [6.45, 7) is 23.7. The summed E-state index contributed by atoms with van der Waals surface area (Å²) in [4.78, 5) is 7.80. The highest BCUT2D eigenvalue weighted by Crippen LogP contribution is 2.40. The molecule has 0 unspecified atom stereocenters. The van der Waals surface area contributed by atoms with E-state index >= 15 is 0 Å². The van der Waals surface area contributed by atoms with Gasteiger partial charge in [-0.25, -0.2) is 0 Å². The second kappa shape index (κ2) is 6.04. The molecule has 0 aliphatic carbocycles. The van der Waals surface area contributed by atoms with E-state index in [-0.39, 0.29) is 0 Å². The van der Waals surface area contributed by atoms with E-state index in [9.17, 15) is 0 Å². The third kappa shape index (κ3) is 4.38. The Labute approximate surface area is 140 Å². The largest absolute Gasteiger partial charge is 0.408 e. The molecule has 0 bridgehead atoms. The van der Waals surface area contributed by atoms with Gasteiger partial charge in [0.1, 0.15) is 0 Å². The second-order valence-corrected chi connectivity index (χ2v) is 19.5. The minimum atomic E-state index is -1.57. The van der Waals surface area contributed by atoms with Crippen LogP contribution in [0, 0.1) is 0 Å². The van der Waals surface area contributed by atoms with Gasteiger partial charge in [0.15, 0.2) is 16.5 Å². The molecule has 0 saturated heterocycles. The summed E-state index contributed by atoms with van der Waals surface area (Å²) in [7, 11) is -3.15. The van der Waals surface area contributed by atoms with Crippen LogP contribution in [0.3, 0.4) is 0 Å². The molecule has 2 nitrogen and oxygen atoms in total. The first-order valence-electron chi connectivity index (χ1n) is 8.33. The summed E-state index contributed by atoms with van der Waals surface area (Å²) in [5.74, 6) is 0. The van der Waals surface area contributed by atoms with Crippen molar-refractivity contribution in [3.05, 3.63) is 24.3 Å². The van der Waals surface area contributed by atoms with E-state index in [4.69, 9.17) is 0 Å². The van der Waals surface area contributed by atoms with Crippen LogP contribution in [0.25, 0.3) is 0 Å². The van der Waals surface area contributed by atoms with Crippen molar-refractivity contribution in [2.75, 3.05) is 9.96 Å². The zero-order valence-corrected chi connectivity index (χ0v) is 18.3. The van der Waals surface area contributed by atoms with Crippen molar-refractivity contribution in [2.24, 2.45) is 0 Å². The van der Waals surface area contributed by atoms with Crippen LogP contribution in [0.15, 0.2) is 24.3 Å². The van der Waals surface area contributed by atoms with Crippen LogP contribution in [0.5, 0.6) is 0 Å². The second-order valence-electron chi connectivity index (χ2n) is 9.55. The normalized spacial score (nSPS) is 13.9. The molecule has 0 spiro atoms. The first kappa shape index (κ1) is 19.3. The quantitative estimate of drug-likeness (QED) is 0.611. The van der Waals surface area contributed by atoms with E-state index in [0.29, 0.717) is 10.1 Å². The van der Waals surface area contributed by atoms with Gasteiger partial charge in [0.2, 0.25) is 0 Å². The molecule has 0 atom stereocenters. The molecule has 1 aromatic rings. The first-order chi connectivity index (χ1) is 9.67. The summed E-state index contributed by atoms with van der Waals surface area (Å²) >= 11 is 0. The molecule has 1 aromatic carbocycles. The van der Waals surface area contributed by atoms with Gasteiger partial charge in [-0.05, 0) is 22.2 Å². The molecule has 0 saturated carbocycles. The monoisotopic (exact) mass is 336 g/mol. The number of hydrogen-bond donors (Lipinski definition) is 2. The van der Waals surface area contributed by atoms with Crippen LogP contribution < -0.4 is 9.96 Å². The molecule has 0 aliphatic heterocycles. The smallest absolute Gasteiger partial charge is 0.152 e. The third-order valence-electron chi connectivity index (χ3n) is 5.57. The summed E-state index contributed by atoms with van der Waals surface area (Å²) < 4.78 is 0. The Kier molecular flexibility index (Phi) is 5.30. The lowest BCUT2D eigenvalue weighted by atomic mass is 10.2. The van der Waals surface area contributed by atoms with E-state index in [1.165, 1.54) is 11.4 Å². The van der Waals surface area contributed by atoms with E-state index in [2.05, 4.69) is 102 Å². The van der Waals surface area contributed by atoms with Gasteiger partial charge < -0.3 is 9.96 Å². The Bertz CT molecular complexity index is 462. The van der Waals surface area contributed by atoms with Gasteiger partial charge in [0.25, 0.3) is 0 Å². The van der Waals surface area contributed by atoms with Crippen molar-refractivity contribution >= 4 is 27.8 Å². The summed E-state index contributed by atoms with van der Waals surface area (Å²) in [6.07, 6.45) is 0. The number of para-hydroxylation sites is 2. The summed E-state index contributed by atoms with van der Waals surface area (Å²) in [5.41, 5.74) is 2.53. The Morgan fingerprint density at radius 3 is 1.14 bits per heavy atom. The fourth-order valence-corrected chi connectivity index (χ4v) is 4.28. The molecule has 0 amide bonds. The van der Waals surface area contributed by atoms with Crippen molar-refractivity contribution in [2.45, 2.75) is 77.8 Å². The molecule has 0 aliphatic rings. The average molecular weight is 337 g/mol. The Balaban J connectivity index is 3.12. The van der Waals surface area contributed by atoms with Gasteiger partial charge in [0, 0.05) is 11.4 Å². The molecule has 4 heteroatoms. The van der Waals surface area contributed by atoms with Crippen molar-refractivity contribution < 1.29 is 0 Å². The number of hydrogen-bond acceptors (Lipinski definition) is 2. The minimum Gasteiger partial charge on any atom is -0.408 e. The van der Waals surface area contributed by atoms with Crippen LogP contribution in [0.2, 0.25) is 36.3 Å². The fraction of sp³-hybridized carbons (Fsp3) is 0.667. The van der Waals surface area contributed by atoms with Gasteiger partial charge in [-0.3, -0.25) is 0 Å². The van der Waals surface area contributed by atoms with Crippen molar-refractivity contribution in [3.8, 4) is 0 Å². The maximum absolute atomic E-state index is 3.90. The predicted octanol–water partition coefficient (Wildman–Crippen LogP) is 6.52. The number of benzene rings is 1. The predicted molar refractivity (Wildman–Crippen MR) is 108 cm³/mol. The van der Waals surface area contributed by atoms with Crippen molar-refractivity contribution in [3.63, 3.8) is 0 Å². The standard InChI is InChI=1S/C18H36N2Si2/c1-17(2,3)21(7,8)19-15-13-11-12-14-16(15)20-22(9,10)18(4,5)6/h11-14,19-20H,1-10H3. The highest BCUT2D eigenvalue weighted by molar-refractivity contribution is 6.84. The summed E-state index contributed by atoms with van der Waals surface area (Å²) in [6, 6.07) is 8.70. The lowest BCUT2D eigenvalue weighted by Crippen LogP contribution is -2.48. The van der Waals surface area contributed by atoms with Gasteiger partial charge in [0.05, 0.1) is 0 Å². The zero-order chi connectivity index (χ0) is 17.4. The molecule has 1 rings (SSSR count). The van der Waals surface area contributed by atoms with Gasteiger partial charge >= 0.3 is 0 Å². The molecular formula is C18H36N2Si2. The van der Waals surface area contributed by atoms with E-state index in [0.717, 1.165) is 0 Å². The maximum Gasteiger partial charge on any atom is 0.152 e. The molecule has 2 N–H and O–H groups in total. The van der Waals surface area contributed by atoms with Crippen LogP contribution >= 0.6 is 0 Å². The van der Waals surface area contributed by atoms with E-state index < -0.39 is 16.5 Å². The number of nitrogens with one attached hydrogen (secondary N) is 2. The first-order valence-corrected chi connectivity index (χ1v) is 14.3. The molecule has 0 heterocycles. The Morgan fingerprint density at radius 2 is 0.909 bits per heavy atom. The summed E-state index contributed by atoms with van der Waals surface area (Å²) in [5, 5.41) is 0.633. The molecule has 22 heavy (non-hydrogen) atoms. The molecule has 0 fully saturated rings. The SMILES string of the molecule is CC(C)(C)[Si](C)(C)Nc1ccccc1N[Si](C)(C)C(C)(C)C. The highest BCUT2D eigenvalue weighted by atomic mass is 28.3. The maximum atomic E-state index is 3.90.